The maximum absolute atomic E-state index is 15.0. The van der Waals surface area contributed by atoms with Gasteiger partial charge in [-0.15, -0.1) is 18.3 Å². The zero-order chi connectivity index (χ0) is 42.9. The normalized spacial score (nSPS) is 24.4. The average molecular weight is 859 g/mol. The first-order valence-electron chi connectivity index (χ1n) is 22.8. The second-order valence-corrected chi connectivity index (χ2v) is 18.2. The third-order valence-electron chi connectivity index (χ3n) is 13.1. The Labute approximate surface area is 371 Å². The summed E-state index contributed by atoms with van der Waals surface area (Å²) in [6.45, 7) is 7.85. The lowest BCUT2D eigenvalue weighted by Gasteiger charge is -2.60. The number of oxime groups is 1. The van der Waals surface area contributed by atoms with Gasteiger partial charge in [0.25, 0.3) is 0 Å². The fourth-order valence-corrected chi connectivity index (χ4v) is 11.0. The summed E-state index contributed by atoms with van der Waals surface area (Å²) < 4.78 is 21.2. The lowest BCUT2D eigenvalue weighted by Crippen LogP contribution is -2.70. The lowest BCUT2D eigenvalue weighted by molar-refractivity contribution is -0.258. The summed E-state index contributed by atoms with van der Waals surface area (Å²) in [5.41, 5.74) is 3.97. The molecule has 1 amide bonds. The monoisotopic (exact) mass is 858 g/mol. The van der Waals surface area contributed by atoms with Gasteiger partial charge in [0.2, 0.25) is 11.7 Å². The molecule has 2 N–H and O–H groups in total. The molecule has 2 fully saturated rings. The molecule has 4 aliphatic rings. The van der Waals surface area contributed by atoms with Crippen LogP contribution in [0.5, 0.6) is 11.5 Å². The van der Waals surface area contributed by atoms with Crippen molar-refractivity contribution in [3.63, 3.8) is 0 Å². The van der Waals surface area contributed by atoms with E-state index in [1.165, 1.54) is 4.90 Å². The Morgan fingerprint density at radius 1 is 0.968 bits per heavy atom. The van der Waals surface area contributed by atoms with E-state index >= 15 is 0 Å². The molecule has 1 heterocycles. The standard InChI is InChI=1S/C52H62N2O7S/c1-3-29-59-52-48(54(51(57)37-23-24-37)35-39-18-14-17-36-15-8-9-21-42(36)39)34-46(53-60-4-2)44-32-38(16-10-12-27-55)43(22-11-13-28-56)49(50(44)52)45-33-40(25-26-47(45)61-52)58-30-31-62-41-19-6-5-7-20-41/h3,5-9,14-15,17-21,25-26,32-33,37-38,43,48-50,55-56H,1,4,10-13,16,22-24,27-31,34-35H2,2H3. The van der Waals surface area contributed by atoms with E-state index in [1.54, 1.807) is 17.8 Å². The van der Waals surface area contributed by atoms with Gasteiger partial charge in [-0.3, -0.25) is 4.79 Å². The Kier molecular flexibility index (Phi) is 14.7. The Morgan fingerprint density at radius 2 is 1.74 bits per heavy atom. The largest absolute Gasteiger partial charge is 0.493 e. The second kappa shape index (κ2) is 20.7. The molecule has 0 saturated heterocycles. The highest BCUT2D eigenvalue weighted by Crippen LogP contribution is 2.62. The van der Waals surface area contributed by atoms with Crippen LogP contribution < -0.4 is 9.47 Å². The molecule has 4 aromatic rings. The number of unbranched alkanes of at least 4 members (excludes halogenated alkanes) is 2. The first kappa shape index (κ1) is 44.0. The van der Waals surface area contributed by atoms with Crippen LogP contribution in [0.2, 0.25) is 0 Å². The number of hydrogen-bond donors (Lipinski definition) is 2. The van der Waals surface area contributed by atoms with Crippen molar-refractivity contribution < 1.29 is 34.1 Å². The minimum atomic E-state index is -1.31. The molecule has 3 aliphatic carbocycles. The van der Waals surface area contributed by atoms with Crippen molar-refractivity contribution in [3.8, 4) is 11.5 Å². The van der Waals surface area contributed by atoms with Gasteiger partial charge in [-0.05, 0) is 110 Å². The van der Waals surface area contributed by atoms with E-state index in [4.69, 9.17) is 24.2 Å². The number of amides is 1. The van der Waals surface area contributed by atoms with Gasteiger partial charge in [0.05, 0.1) is 24.8 Å². The number of aliphatic hydroxyl groups is 2. The minimum absolute atomic E-state index is 0.0643. The summed E-state index contributed by atoms with van der Waals surface area (Å²) in [6.07, 6.45) is 11.2. The van der Waals surface area contributed by atoms with Crippen LogP contribution in [0.3, 0.4) is 0 Å². The lowest BCUT2D eigenvalue weighted by atomic mass is 9.55. The van der Waals surface area contributed by atoms with E-state index < -0.39 is 11.8 Å². The van der Waals surface area contributed by atoms with E-state index in [1.807, 2.05) is 31.2 Å². The van der Waals surface area contributed by atoms with Crippen LogP contribution in [0.1, 0.15) is 81.8 Å². The molecular formula is C52H62N2O7S. The molecule has 9 nitrogen and oxygen atoms in total. The third kappa shape index (κ3) is 9.49. The van der Waals surface area contributed by atoms with Gasteiger partial charge in [0.1, 0.15) is 24.1 Å². The van der Waals surface area contributed by atoms with E-state index in [0.29, 0.717) is 32.6 Å². The van der Waals surface area contributed by atoms with Crippen LogP contribution in [0.4, 0.5) is 0 Å². The summed E-state index contributed by atoms with van der Waals surface area (Å²) in [5.74, 6) is 0.825. The number of hydrogen-bond acceptors (Lipinski definition) is 9. The molecular weight excluding hydrogens is 797 g/mol. The summed E-state index contributed by atoms with van der Waals surface area (Å²) in [7, 11) is 0. The zero-order valence-corrected chi connectivity index (χ0v) is 36.9. The Balaban J connectivity index is 1.28. The van der Waals surface area contributed by atoms with Gasteiger partial charge in [-0.2, -0.15) is 0 Å². The van der Waals surface area contributed by atoms with Crippen molar-refractivity contribution in [1.82, 2.24) is 4.90 Å². The summed E-state index contributed by atoms with van der Waals surface area (Å²) in [6, 6.07) is 30.7. The molecule has 0 radical (unpaired) electrons. The molecule has 8 rings (SSSR count). The Hall–Kier alpha value is -4.61. The third-order valence-corrected chi connectivity index (χ3v) is 14.1. The Bertz CT molecular complexity index is 2200. The van der Waals surface area contributed by atoms with E-state index in [-0.39, 0.29) is 55.3 Å². The number of carbonyl (C=O) groups excluding carboxylic acids is 1. The van der Waals surface area contributed by atoms with Crippen LogP contribution in [0, 0.1) is 23.7 Å². The molecule has 6 unspecified atom stereocenters. The van der Waals surface area contributed by atoms with Crippen LogP contribution >= 0.6 is 11.8 Å². The van der Waals surface area contributed by atoms with E-state index in [0.717, 1.165) is 95.4 Å². The molecule has 62 heavy (non-hydrogen) atoms. The van der Waals surface area contributed by atoms with E-state index in [2.05, 4.69) is 84.3 Å². The number of thioether (sulfide) groups is 1. The molecule has 1 aliphatic heterocycles. The van der Waals surface area contributed by atoms with Gasteiger partial charge < -0.3 is 34.2 Å². The highest BCUT2D eigenvalue weighted by molar-refractivity contribution is 7.99. The van der Waals surface area contributed by atoms with Crippen molar-refractivity contribution in [2.45, 2.75) is 93.9 Å². The number of fused-ring (bicyclic) bond motifs is 3. The number of ether oxygens (including phenoxy) is 3. The predicted molar refractivity (Wildman–Crippen MR) is 246 cm³/mol. The van der Waals surface area contributed by atoms with Gasteiger partial charge in [0, 0.05) is 54.2 Å². The molecule has 0 aromatic heterocycles. The quantitative estimate of drug-likeness (QED) is 0.0348. The number of aliphatic hydroxyl groups excluding tert-OH is 2. The van der Waals surface area contributed by atoms with Crippen LogP contribution in [0.25, 0.3) is 10.8 Å². The van der Waals surface area contributed by atoms with Gasteiger partial charge in [-0.1, -0.05) is 90.8 Å². The predicted octanol–water partition coefficient (Wildman–Crippen LogP) is 10.1. The van der Waals surface area contributed by atoms with Gasteiger partial charge in [-0.25, -0.2) is 0 Å². The zero-order valence-electron chi connectivity index (χ0n) is 36.0. The van der Waals surface area contributed by atoms with Gasteiger partial charge >= 0.3 is 0 Å². The molecule has 6 atom stereocenters. The van der Waals surface area contributed by atoms with Crippen molar-refractivity contribution in [3.05, 3.63) is 126 Å². The second-order valence-electron chi connectivity index (χ2n) is 17.1. The SMILES string of the molecule is C=CCOC12Oc3ccc(OCCSc4ccccc4)cc3C3C(CCCCO)C(CCCCO)C=C(C(=NOCC)CC1N(Cc1cccc4ccccc14)C(=O)C1CC1)C32. The first-order valence-corrected chi connectivity index (χ1v) is 23.8. The average Bonchev–Trinajstić information content (AvgIpc) is 4.16. The first-order chi connectivity index (χ1) is 30.5. The maximum Gasteiger partial charge on any atom is 0.239 e. The topological polar surface area (TPSA) is 110 Å². The highest BCUT2D eigenvalue weighted by Gasteiger charge is 2.66. The number of rotatable bonds is 22. The molecule has 4 aromatic carbocycles. The molecule has 0 bridgehead atoms. The van der Waals surface area contributed by atoms with Crippen LogP contribution in [-0.4, -0.2) is 77.3 Å². The number of benzene rings is 4. The summed E-state index contributed by atoms with van der Waals surface area (Å²) in [5, 5.41) is 27.1. The Morgan fingerprint density at radius 3 is 2.52 bits per heavy atom. The van der Waals surface area contributed by atoms with Gasteiger partial charge in [0.15, 0.2) is 0 Å². The fraction of sp³-hybridized carbons (Fsp3) is 0.462. The van der Waals surface area contributed by atoms with Crippen molar-refractivity contribution in [1.29, 1.82) is 0 Å². The molecule has 10 heteroatoms. The minimum Gasteiger partial charge on any atom is -0.493 e. The molecule has 2 saturated carbocycles. The fourth-order valence-electron chi connectivity index (χ4n) is 10.2. The smallest absolute Gasteiger partial charge is 0.239 e. The number of allylic oxidation sites excluding steroid dienone is 1. The summed E-state index contributed by atoms with van der Waals surface area (Å²) >= 11 is 1.77. The highest BCUT2D eigenvalue weighted by atomic mass is 32.2. The maximum atomic E-state index is 15.0. The van der Waals surface area contributed by atoms with Crippen molar-refractivity contribution in [2.75, 3.05) is 38.8 Å². The molecule has 0 spiro atoms. The van der Waals surface area contributed by atoms with E-state index in [9.17, 15) is 15.0 Å². The van der Waals surface area contributed by atoms with Crippen molar-refractivity contribution in [2.24, 2.45) is 28.8 Å². The summed E-state index contributed by atoms with van der Waals surface area (Å²) in [4.78, 5) is 24.2. The van der Waals surface area contributed by atoms with Crippen LogP contribution in [-0.2, 0) is 20.9 Å². The number of carbonyl (C=O) groups is 1. The molecule has 328 valence electrons. The van der Waals surface area contributed by atoms with Crippen molar-refractivity contribution >= 4 is 34.2 Å². The number of nitrogens with zero attached hydrogens (tertiary/aromatic N) is 2. The van der Waals surface area contributed by atoms with Crippen LogP contribution in [0.15, 0.2) is 125 Å².